The summed E-state index contributed by atoms with van der Waals surface area (Å²) in [5, 5.41) is 6.92. The van der Waals surface area contributed by atoms with E-state index < -0.39 is 26.7 Å². The molecule has 0 saturated carbocycles. The highest BCUT2D eigenvalue weighted by Crippen LogP contribution is 2.41. The highest BCUT2D eigenvalue weighted by molar-refractivity contribution is 7.90. The van der Waals surface area contributed by atoms with Gasteiger partial charge in [-0.3, -0.25) is 4.79 Å². The zero-order chi connectivity index (χ0) is 20.2. The third-order valence-corrected chi connectivity index (χ3v) is 8.07. The predicted molar refractivity (Wildman–Crippen MR) is 110 cm³/mol. The standard InChI is InChI=1S/C19H25N3O4S2/c1-20-28(24,25)18(22-17(23)14-6-3-4-7-15(14)26-2)19(9-11-21-12-10-19)16-8-5-13-27-16/h3-8,13,18,20-21H,9-12H2,1-2H3,(H,22,23). The van der Waals surface area contributed by atoms with Crippen LogP contribution in [-0.2, 0) is 15.4 Å². The van der Waals surface area contributed by atoms with Gasteiger partial charge in [0, 0.05) is 10.3 Å². The molecule has 1 fully saturated rings. The number of piperidine rings is 1. The van der Waals surface area contributed by atoms with E-state index in [2.05, 4.69) is 15.4 Å². The second-order valence-corrected chi connectivity index (χ2v) is 9.60. The van der Waals surface area contributed by atoms with Crippen molar-refractivity contribution < 1.29 is 17.9 Å². The maximum Gasteiger partial charge on any atom is 0.256 e. The van der Waals surface area contributed by atoms with Crippen molar-refractivity contribution in [3.8, 4) is 5.75 Å². The number of benzene rings is 1. The summed E-state index contributed by atoms with van der Waals surface area (Å²) in [6.07, 6.45) is 1.20. The number of nitrogens with one attached hydrogen (secondary N) is 3. The average molecular weight is 424 g/mol. The van der Waals surface area contributed by atoms with E-state index in [9.17, 15) is 13.2 Å². The summed E-state index contributed by atoms with van der Waals surface area (Å²) in [5.74, 6) is -0.0770. The molecule has 3 N–H and O–H groups in total. The summed E-state index contributed by atoms with van der Waals surface area (Å²) in [6.45, 7) is 1.36. The minimum Gasteiger partial charge on any atom is -0.496 e. The number of hydrogen-bond acceptors (Lipinski definition) is 6. The van der Waals surface area contributed by atoms with Gasteiger partial charge in [0.2, 0.25) is 10.0 Å². The molecule has 152 valence electrons. The quantitative estimate of drug-likeness (QED) is 0.630. The molecule has 3 rings (SSSR count). The first-order valence-electron chi connectivity index (χ1n) is 9.05. The molecule has 1 saturated heterocycles. The molecule has 1 unspecified atom stereocenters. The lowest BCUT2D eigenvalue weighted by Gasteiger charge is -2.42. The molecule has 2 heterocycles. The highest BCUT2D eigenvalue weighted by atomic mass is 32.2. The maximum absolute atomic E-state index is 13.1. The molecule has 1 aliphatic heterocycles. The van der Waals surface area contributed by atoms with Gasteiger partial charge < -0.3 is 15.4 Å². The number of para-hydroxylation sites is 1. The number of rotatable bonds is 7. The molecule has 1 aromatic carbocycles. The highest BCUT2D eigenvalue weighted by Gasteiger charge is 2.49. The second kappa shape index (κ2) is 8.60. The third-order valence-electron chi connectivity index (χ3n) is 5.22. The van der Waals surface area contributed by atoms with Gasteiger partial charge in [-0.2, -0.15) is 0 Å². The Morgan fingerprint density at radius 3 is 2.54 bits per heavy atom. The molecule has 0 spiro atoms. The van der Waals surface area contributed by atoms with Crippen molar-refractivity contribution in [1.29, 1.82) is 0 Å². The predicted octanol–water partition coefficient (Wildman–Crippen LogP) is 1.68. The number of ether oxygens (including phenoxy) is 1. The molecule has 0 aliphatic carbocycles. The maximum atomic E-state index is 13.1. The molecule has 1 aromatic heterocycles. The van der Waals surface area contributed by atoms with Crippen LogP contribution >= 0.6 is 11.3 Å². The number of carbonyl (C=O) groups is 1. The van der Waals surface area contributed by atoms with Crippen LogP contribution in [0.15, 0.2) is 41.8 Å². The lowest BCUT2D eigenvalue weighted by molar-refractivity contribution is 0.0923. The van der Waals surface area contributed by atoms with Crippen LogP contribution in [0, 0.1) is 0 Å². The summed E-state index contributed by atoms with van der Waals surface area (Å²) < 4.78 is 33.8. The van der Waals surface area contributed by atoms with E-state index in [0.717, 1.165) is 4.88 Å². The molecule has 7 nitrogen and oxygen atoms in total. The van der Waals surface area contributed by atoms with E-state index >= 15 is 0 Å². The van der Waals surface area contributed by atoms with E-state index in [1.54, 1.807) is 24.3 Å². The van der Waals surface area contributed by atoms with Gasteiger partial charge >= 0.3 is 0 Å². The van der Waals surface area contributed by atoms with Crippen molar-refractivity contribution in [2.24, 2.45) is 0 Å². The Bertz CT molecular complexity index is 907. The Labute approximate surface area is 169 Å². The first kappa shape index (κ1) is 20.8. The lowest BCUT2D eigenvalue weighted by atomic mass is 9.77. The smallest absolute Gasteiger partial charge is 0.256 e. The molecule has 1 amide bonds. The SMILES string of the molecule is CNS(=O)(=O)C(NC(=O)c1ccccc1OC)C1(c2cccs2)CCNCC1. The molecule has 2 aromatic rings. The molecule has 28 heavy (non-hydrogen) atoms. The van der Waals surface area contributed by atoms with Gasteiger partial charge in [0.05, 0.1) is 12.7 Å². The van der Waals surface area contributed by atoms with Crippen LogP contribution in [0.5, 0.6) is 5.75 Å². The third kappa shape index (κ3) is 3.93. The van der Waals surface area contributed by atoms with Gasteiger partial charge in [-0.15, -0.1) is 11.3 Å². The minimum absolute atomic E-state index is 0.302. The zero-order valence-corrected chi connectivity index (χ0v) is 17.5. The largest absolute Gasteiger partial charge is 0.496 e. The van der Waals surface area contributed by atoms with Gasteiger partial charge in [-0.05, 0) is 56.6 Å². The van der Waals surface area contributed by atoms with Crippen molar-refractivity contribution in [3.63, 3.8) is 0 Å². The van der Waals surface area contributed by atoms with Crippen LogP contribution in [-0.4, -0.2) is 46.9 Å². The van der Waals surface area contributed by atoms with E-state index in [1.165, 1.54) is 25.5 Å². The molecular formula is C19H25N3O4S2. The summed E-state index contributed by atoms with van der Waals surface area (Å²) in [5.41, 5.74) is -0.407. The molecule has 0 radical (unpaired) electrons. The number of amides is 1. The Balaban J connectivity index is 2.05. The van der Waals surface area contributed by atoms with Crippen molar-refractivity contribution >= 4 is 27.3 Å². The Morgan fingerprint density at radius 2 is 1.93 bits per heavy atom. The first-order valence-corrected chi connectivity index (χ1v) is 11.5. The van der Waals surface area contributed by atoms with Gasteiger partial charge in [-0.25, -0.2) is 13.1 Å². The van der Waals surface area contributed by atoms with Gasteiger partial charge in [0.1, 0.15) is 5.75 Å². The molecule has 9 heteroatoms. The van der Waals surface area contributed by atoms with Crippen LogP contribution in [0.2, 0.25) is 0 Å². The van der Waals surface area contributed by atoms with Crippen LogP contribution in [0.25, 0.3) is 0 Å². The van der Waals surface area contributed by atoms with Crippen LogP contribution in [0.4, 0.5) is 0 Å². The molecular weight excluding hydrogens is 398 g/mol. The van der Waals surface area contributed by atoms with Crippen molar-refractivity contribution in [3.05, 3.63) is 52.2 Å². The zero-order valence-electron chi connectivity index (χ0n) is 15.9. The second-order valence-electron chi connectivity index (χ2n) is 6.69. The Kier molecular flexibility index (Phi) is 6.39. The van der Waals surface area contributed by atoms with Crippen LogP contribution < -0.4 is 20.1 Å². The number of methoxy groups -OCH3 is 1. The Morgan fingerprint density at radius 1 is 1.21 bits per heavy atom. The van der Waals surface area contributed by atoms with E-state index in [-0.39, 0.29) is 0 Å². The molecule has 0 bridgehead atoms. The normalized spacial score (nSPS) is 17.6. The summed E-state index contributed by atoms with van der Waals surface area (Å²) >= 11 is 1.52. The van der Waals surface area contributed by atoms with Crippen molar-refractivity contribution in [2.45, 2.75) is 23.6 Å². The number of carbonyl (C=O) groups excluding carboxylic acids is 1. The first-order chi connectivity index (χ1) is 13.4. The van der Waals surface area contributed by atoms with Gasteiger partial charge in [-0.1, -0.05) is 18.2 Å². The number of thiophene rings is 1. The van der Waals surface area contributed by atoms with Crippen molar-refractivity contribution in [2.75, 3.05) is 27.2 Å². The number of hydrogen-bond donors (Lipinski definition) is 3. The van der Waals surface area contributed by atoms with E-state index in [0.29, 0.717) is 37.2 Å². The van der Waals surface area contributed by atoms with Crippen LogP contribution in [0.1, 0.15) is 28.1 Å². The van der Waals surface area contributed by atoms with Gasteiger partial charge in [0.15, 0.2) is 5.37 Å². The summed E-state index contributed by atoms with van der Waals surface area (Å²) in [4.78, 5) is 14.0. The van der Waals surface area contributed by atoms with Crippen molar-refractivity contribution in [1.82, 2.24) is 15.4 Å². The molecule has 1 aliphatic rings. The van der Waals surface area contributed by atoms with Gasteiger partial charge in [0.25, 0.3) is 5.91 Å². The monoisotopic (exact) mass is 423 g/mol. The minimum atomic E-state index is -3.81. The fourth-order valence-corrected chi connectivity index (χ4v) is 6.28. The Hall–Kier alpha value is -1.94. The topological polar surface area (TPSA) is 96.5 Å². The summed E-state index contributed by atoms with van der Waals surface area (Å²) in [6, 6.07) is 10.6. The lowest BCUT2D eigenvalue weighted by Crippen LogP contribution is -2.60. The fraction of sp³-hybridized carbons (Fsp3) is 0.421. The number of sulfonamides is 1. The fourth-order valence-electron chi connectivity index (χ4n) is 3.73. The average Bonchev–Trinajstić information content (AvgIpc) is 3.27. The van der Waals surface area contributed by atoms with E-state index in [4.69, 9.17) is 4.74 Å². The molecule has 1 atom stereocenters. The van der Waals surface area contributed by atoms with Crippen LogP contribution in [0.3, 0.4) is 0 Å². The summed E-state index contributed by atoms with van der Waals surface area (Å²) in [7, 11) is -0.955. The van der Waals surface area contributed by atoms with E-state index in [1.807, 2.05) is 17.5 Å².